The van der Waals surface area contributed by atoms with Crippen molar-refractivity contribution in [3.05, 3.63) is 35.9 Å². The van der Waals surface area contributed by atoms with Crippen LogP contribution >= 0.6 is 12.2 Å². The third kappa shape index (κ3) is 8.10. The van der Waals surface area contributed by atoms with E-state index < -0.39 is 12.0 Å². The molecule has 1 unspecified atom stereocenters. The summed E-state index contributed by atoms with van der Waals surface area (Å²) in [7, 11) is 0. The molecule has 0 saturated carbocycles. The highest BCUT2D eigenvalue weighted by atomic mass is 32.1. The summed E-state index contributed by atoms with van der Waals surface area (Å²) < 4.78 is 5.31. The van der Waals surface area contributed by atoms with E-state index in [0.29, 0.717) is 25.9 Å². The molecule has 2 amide bonds. The first-order chi connectivity index (χ1) is 14.5. The van der Waals surface area contributed by atoms with E-state index in [2.05, 4.69) is 17.6 Å². The first-order valence-electron chi connectivity index (χ1n) is 10.6. The van der Waals surface area contributed by atoms with Crippen LogP contribution in [0.15, 0.2) is 30.3 Å². The van der Waals surface area contributed by atoms with Gasteiger partial charge in [-0.2, -0.15) is 0 Å². The van der Waals surface area contributed by atoms with Gasteiger partial charge in [0.25, 0.3) is 0 Å². The number of esters is 1. The Kier molecular flexibility index (Phi) is 10.3. The van der Waals surface area contributed by atoms with Crippen LogP contribution in [0.5, 0.6) is 0 Å². The van der Waals surface area contributed by atoms with Crippen molar-refractivity contribution < 1.29 is 19.1 Å². The molecule has 1 aromatic rings. The molecule has 0 aromatic heterocycles. The average molecular weight is 434 g/mol. The number of thiocarbonyl (C=S) groups is 1. The van der Waals surface area contributed by atoms with E-state index in [9.17, 15) is 14.4 Å². The number of hydrogen-bond donors (Lipinski definition) is 2. The average Bonchev–Trinajstić information content (AvgIpc) is 2.73. The molecule has 0 spiro atoms. The second kappa shape index (κ2) is 13.0. The van der Waals surface area contributed by atoms with Crippen molar-refractivity contribution in [2.75, 3.05) is 19.7 Å². The summed E-state index contributed by atoms with van der Waals surface area (Å²) >= 11 is 5.35. The molecule has 1 saturated heterocycles. The molecule has 8 heteroatoms. The SMILES string of the molecule is CCCCCCC(=O)NC(=S)N1CCNC(=O)C1CC(=O)OCCc1ccccc1. The monoisotopic (exact) mass is 433 g/mol. The number of unbranched alkanes of at least 4 members (excludes halogenated alkanes) is 3. The van der Waals surface area contributed by atoms with Crippen LogP contribution in [0.25, 0.3) is 0 Å². The highest BCUT2D eigenvalue weighted by molar-refractivity contribution is 7.80. The van der Waals surface area contributed by atoms with Gasteiger partial charge in [0.05, 0.1) is 13.0 Å². The summed E-state index contributed by atoms with van der Waals surface area (Å²) in [5.41, 5.74) is 1.07. The van der Waals surface area contributed by atoms with Gasteiger partial charge in [0.1, 0.15) is 6.04 Å². The molecule has 1 aliphatic rings. The number of nitrogens with zero attached hydrogens (tertiary/aromatic N) is 1. The lowest BCUT2D eigenvalue weighted by molar-refractivity contribution is -0.147. The molecular weight excluding hydrogens is 402 g/mol. The van der Waals surface area contributed by atoms with Crippen LogP contribution in [-0.2, 0) is 25.5 Å². The standard InChI is InChI=1S/C22H31N3O4S/c1-2-3-4-8-11-19(26)24-22(30)25-14-13-23-21(28)18(25)16-20(27)29-15-12-17-9-6-5-7-10-17/h5-7,9-10,18H,2-4,8,11-16H2,1H3,(H,23,28)(H,24,26,30). The number of nitrogens with one attached hydrogen (secondary N) is 2. The van der Waals surface area contributed by atoms with E-state index >= 15 is 0 Å². The number of carbonyl (C=O) groups excluding carboxylic acids is 3. The van der Waals surface area contributed by atoms with Crippen LogP contribution in [0.2, 0.25) is 0 Å². The van der Waals surface area contributed by atoms with Gasteiger partial charge in [-0.15, -0.1) is 0 Å². The topological polar surface area (TPSA) is 87.7 Å². The zero-order valence-corrected chi connectivity index (χ0v) is 18.3. The van der Waals surface area contributed by atoms with Crippen LogP contribution < -0.4 is 10.6 Å². The summed E-state index contributed by atoms with van der Waals surface area (Å²) in [6, 6.07) is 8.94. The fourth-order valence-electron chi connectivity index (χ4n) is 3.27. The molecule has 30 heavy (non-hydrogen) atoms. The summed E-state index contributed by atoms with van der Waals surface area (Å²) in [5.74, 6) is -0.918. The van der Waals surface area contributed by atoms with Gasteiger partial charge >= 0.3 is 5.97 Å². The lowest BCUT2D eigenvalue weighted by atomic mass is 10.1. The predicted octanol–water partition coefficient (Wildman–Crippen LogP) is 2.33. The molecule has 1 aliphatic heterocycles. The predicted molar refractivity (Wildman–Crippen MR) is 119 cm³/mol. The summed E-state index contributed by atoms with van der Waals surface area (Å²) in [6.07, 6.45) is 4.89. The lowest BCUT2D eigenvalue weighted by Crippen LogP contribution is -2.60. The number of benzene rings is 1. The molecular formula is C22H31N3O4S. The number of amides is 2. The maximum atomic E-state index is 12.3. The van der Waals surface area contributed by atoms with Gasteiger partial charge in [-0.25, -0.2) is 0 Å². The Hall–Kier alpha value is -2.48. The van der Waals surface area contributed by atoms with Crippen LogP contribution in [0.3, 0.4) is 0 Å². The van der Waals surface area contributed by atoms with E-state index in [0.717, 1.165) is 31.2 Å². The second-order valence-corrected chi connectivity index (χ2v) is 7.71. The Morgan fingerprint density at radius 3 is 2.73 bits per heavy atom. The molecule has 2 rings (SSSR count). The van der Waals surface area contributed by atoms with E-state index in [1.165, 1.54) is 0 Å². The van der Waals surface area contributed by atoms with Gasteiger partial charge < -0.3 is 20.3 Å². The minimum Gasteiger partial charge on any atom is -0.465 e. The highest BCUT2D eigenvalue weighted by Gasteiger charge is 2.34. The quantitative estimate of drug-likeness (QED) is 0.335. The molecule has 164 valence electrons. The summed E-state index contributed by atoms with van der Waals surface area (Å²) in [5, 5.41) is 5.63. The van der Waals surface area contributed by atoms with Gasteiger partial charge in [0.15, 0.2) is 5.11 Å². The molecule has 0 aliphatic carbocycles. The van der Waals surface area contributed by atoms with Crippen LogP contribution in [0.1, 0.15) is 51.0 Å². The maximum absolute atomic E-state index is 12.3. The zero-order chi connectivity index (χ0) is 21.8. The Labute approximate surface area is 183 Å². The molecule has 2 N–H and O–H groups in total. The van der Waals surface area contributed by atoms with E-state index in [1.807, 2.05) is 30.3 Å². The summed E-state index contributed by atoms with van der Waals surface area (Å²) in [4.78, 5) is 38.4. The van der Waals surface area contributed by atoms with Crippen molar-refractivity contribution in [3.8, 4) is 0 Å². The van der Waals surface area contributed by atoms with Crippen molar-refractivity contribution in [2.24, 2.45) is 0 Å². The smallest absolute Gasteiger partial charge is 0.308 e. The molecule has 1 heterocycles. The fourth-order valence-corrected chi connectivity index (χ4v) is 3.60. The van der Waals surface area contributed by atoms with Crippen molar-refractivity contribution in [1.82, 2.24) is 15.5 Å². The minimum atomic E-state index is -0.782. The van der Waals surface area contributed by atoms with E-state index in [4.69, 9.17) is 17.0 Å². The Balaban J connectivity index is 1.82. The normalized spacial score (nSPS) is 16.0. The van der Waals surface area contributed by atoms with E-state index in [-0.39, 0.29) is 30.0 Å². The third-order valence-corrected chi connectivity index (χ3v) is 5.29. The highest BCUT2D eigenvalue weighted by Crippen LogP contribution is 2.12. The largest absolute Gasteiger partial charge is 0.465 e. The number of rotatable bonds is 10. The fraction of sp³-hybridized carbons (Fsp3) is 0.545. The Bertz CT molecular complexity index is 726. The third-order valence-electron chi connectivity index (χ3n) is 4.95. The zero-order valence-electron chi connectivity index (χ0n) is 17.5. The number of carbonyl (C=O) groups is 3. The van der Waals surface area contributed by atoms with Crippen molar-refractivity contribution >= 4 is 35.1 Å². The summed E-state index contributed by atoms with van der Waals surface area (Å²) in [6.45, 7) is 3.20. The van der Waals surface area contributed by atoms with Crippen molar-refractivity contribution in [3.63, 3.8) is 0 Å². The molecule has 1 aromatic carbocycles. The number of piperazine rings is 1. The minimum absolute atomic E-state index is 0.118. The Morgan fingerprint density at radius 2 is 2.00 bits per heavy atom. The van der Waals surface area contributed by atoms with Crippen LogP contribution in [-0.4, -0.2) is 53.5 Å². The molecule has 0 radical (unpaired) electrons. The molecule has 1 atom stereocenters. The van der Waals surface area contributed by atoms with Gasteiger partial charge in [0.2, 0.25) is 11.8 Å². The number of ether oxygens (including phenoxy) is 1. The molecule has 7 nitrogen and oxygen atoms in total. The second-order valence-electron chi connectivity index (χ2n) is 7.32. The van der Waals surface area contributed by atoms with Gasteiger partial charge in [0, 0.05) is 25.9 Å². The van der Waals surface area contributed by atoms with Crippen molar-refractivity contribution in [1.29, 1.82) is 0 Å². The number of hydrogen-bond acceptors (Lipinski definition) is 5. The molecule has 1 fully saturated rings. The van der Waals surface area contributed by atoms with Gasteiger partial charge in [-0.05, 0) is 24.2 Å². The van der Waals surface area contributed by atoms with Gasteiger partial charge in [-0.3, -0.25) is 14.4 Å². The van der Waals surface area contributed by atoms with Crippen LogP contribution in [0.4, 0.5) is 0 Å². The Morgan fingerprint density at radius 1 is 1.23 bits per heavy atom. The molecule has 0 bridgehead atoms. The maximum Gasteiger partial charge on any atom is 0.308 e. The van der Waals surface area contributed by atoms with Crippen molar-refractivity contribution in [2.45, 2.75) is 57.9 Å². The lowest BCUT2D eigenvalue weighted by Gasteiger charge is -2.36. The first kappa shape index (κ1) is 23.8. The van der Waals surface area contributed by atoms with Crippen LogP contribution in [0, 0.1) is 0 Å². The van der Waals surface area contributed by atoms with E-state index in [1.54, 1.807) is 4.90 Å². The van der Waals surface area contributed by atoms with Gasteiger partial charge in [-0.1, -0.05) is 56.5 Å². The first-order valence-corrected chi connectivity index (χ1v) is 11.0.